The van der Waals surface area contributed by atoms with Gasteiger partial charge in [0.2, 0.25) is 0 Å². The van der Waals surface area contributed by atoms with Crippen molar-refractivity contribution in [3.05, 3.63) is 28.8 Å². The Morgan fingerprint density at radius 3 is 2.89 bits per heavy atom. The molecule has 2 atom stereocenters. The van der Waals surface area contributed by atoms with Gasteiger partial charge < -0.3 is 15.8 Å². The number of amidine groups is 1. The Bertz CT molecular complexity index is 490. The maximum atomic E-state index is 8.92. The van der Waals surface area contributed by atoms with Crippen LogP contribution in [0.4, 0.5) is 5.69 Å². The molecule has 1 aliphatic rings. The zero-order valence-electron chi connectivity index (χ0n) is 11.3. The quantitative estimate of drug-likeness (QED) is 0.379. The van der Waals surface area contributed by atoms with Crippen LogP contribution in [-0.2, 0) is 0 Å². The molecule has 19 heavy (non-hydrogen) atoms. The second-order valence-electron chi connectivity index (χ2n) is 5.20. The van der Waals surface area contributed by atoms with E-state index < -0.39 is 0 Å². The van der Waals surface area contributed by atoms with Gasteiger partial charge in [-0.2, -0.15) is 0 Å². The standard InChI is InChI=1S/C14H20ClN3O/c1-9-4-3-7-18(10(9)2)13-6-5-11(15)8-12(13)14(16)17-19/h5-6,8-10,19H,3-4,7H2,1-2H3,(H2,16,17). The van der Waals surface area contributed by atoms with Crippen molar-refractivity contribution in [1.82, 2.24) is 0 Å². The van der Waals surface area contributed by atoms with Gasteiger partial charge in [-0.25, -0.2) is 0 Å². The number of oxime groups is 1. The van der Waals surface area contributed by atoms with E-state index in [0.717, 1.165) is 18.7 Å². The molecule has 1 fully saturated rings. The summed E-state index contributed by atoms with van der Waals surface area (Å²) in [4.78, 5) is 2.32. The van der Waals surface area contributed by atoms with Gasteiger partial charge in [-0.05, 0) is 43.9 Å². The van der Waals surface area contributed by atoms with Crippen molar-refractivity contribution in [3.63, 3.8) is 0 Å². The van der Waals surface area contributed by atoms with Crippen LogP contribution >= 0.6 is 11.6 Å². The number of nitrogens with two attached hydrogens (primary N) is 1. The lowest BCUT2D eigenvalue weighted by Gasteiger charge is -2.40. The monoisotopic (exact) mass is 281 g/mol. The van der Waals surface area contributed by atoms with E-state index in [1.54, 1.807) is 6.07 Å². The molecule has 1 aliphatic heterocycles. The van der Waals surface area contributed by atoms with Crippen molar-refractivity contribution in [2.24, 2.45) is 16.8 Å². The molecule has 0 aromatic heterocycles. The Hall–Kier alpha value is -1.42. The van der Waals surface area contributed by atoms with Gasteiger partial charge in [0.15, 0.2) is 5.84 Å². The first-order valence-electron chi connectivity index (χ1n) is 6.58. The fourth-order valence-corrected chi connectivity index (χ4v) is 2.87. The van der Waals surface area contributed by atoms with Gasteiger partial charge in [0.1, 0.15) is 0 Å². The van der Waals surface area contributed by atoms with Crippen molar-refractivity contribution in [3.8, 4) is 0 Å². The van der Waals surface area contributed by atoms with Crippen molar-refractivity contribution < 1.29 is 5.21 Å². The summed E-state index contributed by atoms with van der Waals surface area (Å²) in [5, 5.41) is 12.6. The molecule has 5 heteroatoms. The van der Waals surface area contributed by atoms with Crippen LogP contribution in [0.2, 0.25) is 5.02 Å². The third-order valence-corrected chi connectivity index (χ3v) is 4.26. The Balaban J connectivity index is 2.44. The lowest BCUT2D eigenvalue weighted by molar-refractivity contribution is 0.318. The Labute approximate surface area is 118 Å². The smallest absolute Gasteiger partial charge is 0.172 e. The van der Waals surface area contributed by atoms with Crippen LogP contribution in [0, 0.1) is 5.92 Å². The van der Waals surface area contributed by atoms with E-state index in [1.165, 1.54) is 6.42 Å². The molecule has 2 unspecified atom stereocenters. The molecule has 2 rings (SSSR count). The third-order valence-electron chi connectivity index (χ3n) is 4.03. The molecule has 0 amide bonds. The van der Waals surface area contributed by atoms with Gasteiger partial charge in [-0.3, -0.25) is 0 Å². The average molecular weight is 282 g/mol. The molecule has 1 heterocycles. The number of benzene rings is 1. The number of hydrogen-bond donors (Lipinski definition) is 2. The van der Waals surface area contributed by atoms with E-state index in [2.05, 4.69) is 23.9 Å². The Kier molecular flexibility index (Phi) is 4.20. The van der Waals surface area contributed by atoms with E-state index in [-0.39, 0.29) is 5.84 Å². The summed E-state index contributed by atoms with van der Waals surface area (Å²) < 4.78 is 0. The maximum Gasteiger partial charge on any atom is 0.172 e. The molecular formula is C14H20ClN3O. The van der Waals surface area contributed by atoms with Gasteiger partial charge in [0, 0.05) is 28.9 Å². The van der Waals surface area contributed by atoms with Gasteiger partial charge in [-0.15, -0.1) is 0 Å². The van der Waals surface area contributed by atoms with Crippen molar-refractivity contribution >= 4 is 23.1 Å². The number of piperidine rings is 1. The molecule has 0 radical (unpaired) electrons. The minimum Gasteiger partial charge on any atom is -0.409 e. The maximum absolute atomic E-state index is 8.92. The summed E-state index contributed by atoms with van der Waals surface area (Å²) in [6.07, 6.45) is 2.40. The molecule has 0 spiro atoms. The van der Waals surface area contributed by atoms with Crippen LogP contribution in [0.5, 0.6) is 0 Å². The Morgan fingerprint density at radius 2 is 2.21 bits per heavy atom. The third kappa shape index (κ3) is 2.78. The first-order valence-corrected chi connectivity index (χ1v) is 6.96. The summed E-state index contributed by atoms with van der Waals surface area (Å²) in [5.74, 6) is 0.729. The fraction of sp³-hybridized carbons (Fsp3) is 0.500. The van der Waals surface area contributed by atoms with Crippen LogP contribution in [0.1, 0.15) is 32.3 Å². The second-order valence-corrected chi connectivity index (χ2v) is 5.64. The number of hydrogen-bond acceptors (Lipinski definition) is 3. The highest BCUT2D eigenvalue weighted by Gasteiger charge is 2.27. The van der Waals surface area contributed by atoms with Gasteiger partial charge in [0.25, 0.3) is 0 Å². The summed E-state index contributed by atoms with van der Waals surface area (Å²) in [6.45, 7) is 5.46. The highest BCUT2D eigenvalue weighted by atomic mass is 35.5. The van der Waals surface area contributed by atoms with Gasteiger partial charge in [0.05, 0.1) is 0 Å². The topological polar surface area (TPSA) is 61.8 Å². The molecule has 0 saturated carbocycles. The van der Waals surface area contributed by atoms with Crippen LogP contribution < -0.4 is 10.6 Å². The lowest BCUT2D eigenvalue weighted by Crippen LogP contribution is -2.43. The fourth-order valence-electron chi connectivity index (χ4n) is 2.69. The second kappa shape index (κ2) is 5.70. The average Bonchev–Trinajstić information content (AvgIpc) is 2.41. The summed E-state index contributed by atoms with van der Waals surface area (Å²) in [7, 11) is 0. The summed E-state index contributed by atoms with van der Waals surface area (Å²) in [6, 6.07) is 5.97. The van der Waals surface area contributed by atoms with E-state index in [1.807, 2.05) is 12.1 Å². The van der Waals surface area contributed by atoms with Crippen molar-refractivity contribution in [2.75, 3.05) is 11.4 Å². The largest absolute Gasteiger partial charge is 0.409 e. The Morgan fingerprint density at radius 1 is 1.47 bits per heavy atom. The molecular weight excluding hydrogens is 262 g/mol. The molecule has 1 saturated heterocycles. The van der Waals surface area contributed by atoms with E-state index in [0.29, 0.717) is 22.5 Å². The zero-order chi connectivity index (χ0) is 14.0. The van der Waals surface area contributed by atoms with E-state index in [4.69, 9.17) is 22.5 Å². The van der Waals surface area contributed by atoms with Gasteiger partial charge >= 0.3 is 0 Å². The molecule has 3 N–H and O–H groups in total. The predicted octanol–water partition coefficient (Wildman–Crippen LogP) is 3.06. The lowest BCUT2D eigenvalue weighted by atomic mass is 9.91. The molecule has 4 nitrogen and oxygen atoms in total. The first kappa shape index (κ1) is 14.0. The number of nitrogens with zero attached hydrogens (tertiary/aromatic N) is 2. The normalized spacial score (nSPS) is 24.6. The van der Waals surface area contributed by atoms with Crippen LogP contribution in [-0.4, -0.2) is 23.6 Å². The molecule has 104 valence electrons. The zero-order valence-corrected chi connectivity index (χ0v) is 12.1. The predicted molar refractivity (Wildman–Crippen MR) is 79.2 cm³/mol. The summed E-state index contributed by atoms with van der Waals surface area (Å²) in [5.41, 5.74) is 7.44. The van der Waals surface area contributed by atoms with Crippen molar-refractivity contribution in [1.29, 1.82) is 0 Å². The van der Waals surface area contributed by atoms with Crippen molar-refractivity contribution in [2.45, 2.75) is 32.7 Å². The highest BCUT2D eigenvalue weighted by Crippen LogP contribution is 2.32. The van der Waals surface area contributed by atoms with E-state index in [9.17, 15) is 0 Å². The van der Waals surface area contributed by atoms with Gasteiger partial charge in [-0.1, -0.05) is 23.7 Å². The highest BCUT2D eigenvalue weighted by molar-refractivity contribution is 6.31. The minimum absolute atomic E-state index is 0.0999. The molecule has 0 bridgehead atoms. The van der Waals surface area contributed by atoms with Crippen LogP contribution in [0.3, 0.4) is 0 Å². The van der Waals surface area contributed by atoms with E-state index >= 15 is 0 Å². The van der Waals surface area contributed by atoms with Crippen LogP contribution in [0.15, 0.2) is 23.4 Å². The van der Waals surface area contributed by atoms with Crippen LogP contribution in [0.25, 0.3) is 0 Å². The molecule has 1 aromatic rings. The number of halogens is 1. The molecule has 0 aliphatic carbocycles. The SMILES string of the molecule is CC1CCCN(c2ccc(Cl)cc2C(N)=NO)C1C. The summed E-state index contributed by atoms with van der Waals surface area (Å²) >= 11 is 6.01. The minimum atomic E-state index is 0.0999. The molecule has 1 aromatic carbocycles. The first-order chi connectivity index (χ1) is 9.04. The number of rotatable bonds is 2. The number of anilines is 1.